The van der Waals surface area contributed by atoms with Crippen LogP contribution < -0.4 is 10.5 Å². The molecular formula is C10H11BrClNO. The molecule has 0 spiro atoms. The average Bonchev–Trinajstić information content (AvgIpc) is 2.17. The molecule has 1 aliphatic heterocycles. The second-order valence-corrected chi connectivity index (χ2v) is 4.67. The molecule has 0 saturated heterocycles. The number of fused-ring (bicyclic) bond motifs is 1. The third-order valence-electron chi connectivity index (χ3n) is 2.47. The number of rotatable bonds is 1. The maximum atomic E-state index is 5.98. The molecule has 2 nitrogen and oxygen atoms in total. The summed E-state index contributed by atoms with van der Waals surface area (Å²) in [5, 5.41) is 0.722. The van der Waals surface area contributed by atoms with Crippen LogP contribution in [0, 0.1) is 0 Å². The molecule has 1 atom stereocenters. The fourth-order valence-corrected chi connectivity index (χ4v) is 2.69. The molecule has 0 fully saturated rings. The largest absolute Gasteiger partial charge is 0.492 e. The van der Waals surface area contributed by atoms with Gasteiger partial charge in [-0.25, -0.2) is 0 Å². The van der Waals surface area contributed by atoms with E-state index in [1.165, 1.54) is 0 Å². The number of hydrogen-bond donors (Lipinski definition) is 1. The highest BCUT2D eigenvalue weighted by molar-refractivity contribution is 9.10. The van der Waals surface area contributed by atoms with Crippen molar-refractivity contribution in [2.75, 3.05) is 13.2 Å². The lowest BCUT2D eigenvalue weighted by Crippen LogP contribution is -2.21. The van der Waals surface area contributed by atoms with Gasteiger partial charge >= 0.3 is 0 Å². The molecule has 0 aromatic heterocycles. The molecule has 76 valence electrons. The Morgan fingerprint density at radius 3 is 3.07 bits per heavy atom. The number of nitrogens with two attached hydrogens (primary N) is 1. The first kappa shape index (κ1) is 10.3. The van der Waals surface area contributed by atoms with Crippen LogP contribution in [0.1, 0.15) is 17.9 Å². The standard InChI is InChI=1S/C10H11BrClNO/c11-9-4-7(12)3-8-6(5-13)1-2-14-10(8)9/h3-4,6H,1-2,5,13H2. The first-order valence-electron chi connectivity index (χ1n) is 4.54. The molecule has 14 heavy (non-hydrogen) atoms. The Hall–Kier alpha value is -0.250. The fraction of sp³-hybridized carbons (Fsp3) is 0.400. The smallest absolute Gasteiger partial charge is 0.137 e. The van der Waals surface area contributed by atoms with Gasteiger partial charge in [-0.1, -0.05) is 11.6 Å². The summed E-state index contributed by atoms with van der Waals surface area (Å²) in [5.41, 5.74) is 6.83. The minimum absolute atomic E-state index is 0.369. The zero-order valence-corrected chi connectivity index (χ0v) is 9.94. The zero-order valence-electron chi connectivity index (χ0n) is 7.59. The van der Waals surface area contributed by atoms with Crippen LogP contribution >= 0.6 is 27.5 Å². The summed E-state index contributed by atoms with van der Waals surface area (Å²) in [6, 6.07) is 3.79. The molecule has 0 aliphatic carbocycles. The van der Waals surface area contributed by atoms with Crippen LogP contribution in [0.5, 0.6) is 5.75 Å². The lowest BCUT2D eigenvalue weighted by atomic mass is 9.93. The summed E-state index contributed by atoms with van der Waals surface area (Å²) >= 11 is 9.42. The highest BCUT2D eigenvalue weighted by Gasteiger charge is 2.22. The normalized spacial score (nSPS) is 20.1. The van der Waals surface area contributed by atoms with Gasteiger partial charge in [0.1, 0.15) is 5.75 Å². The Balaban J connectivity index is 2.51. The van der Waals surface area contributed by atoms with Gasteiger partial charge in [0.05, 0.1) is 11.1 Å². The van der Waals surface area contributed by atoms with E-state index in [0.29, 0.717) is 12.5 Å². The Morgan fingerprint density at radius 2 is 2.36 bits per heavy atom. The van der Waals surface area contributed by atoms with E-state index in [1.54, 1.807) is 0 Å². The Morgan fingerprint density at radius 1 is 1.57 bits per heavy atom. The molecule has 4 heteroatoms. The molecule has 1 aromatic carbocycles. The molecule has 1 heterocycles. The van der Waals surface area contributed by atoms with E-state index >= 15 is 0 Å². The Kier molecular flexibility index (Phi) is 3.00. The number of halogens is 2. The molecule has 1 aromatic rings. The summed E-state index contributed by atoms with van der Waals surface area (Å²) in [7, 11) is 0. The maximum Gasteiger partial charge on any atom is 0.137 e. The predicted octanol–water partition coefficient (Wildman–Crippen LogP) is 2.93. The van der Waals surface area contributed by atoms with E-state index in [0.717, 1.165) is 33.8 Å². The fourth-order valence-electron chi connectivity index (χ4n) is 1.74. The van der Waals surface area contributed by atoms with Crippen molar-refractivity contribution < 1.29 is 4.74 Å². The third-order valence-corrected chi connectivity index (χ3v) is 3.28. The van der Waals surface area contributed by atoms with E-state index in [1.807, 2.05) is 12.1 Å². The van der Waals surface area contributed by atoms with Gasteiger partial charge in [-0.3, -0.25) is 0 Å². The number of hydrogen-bond acceptors (Lipinski definition) is 2. The minimum atomic E-state index is 0.369. The van der Waals surface area contributed by atoms with E-state index < -0.39 is 0 Å². The van der Waals surface area contributed by atoms with Gasteiger partial charge in [0.15, 0.2) is 0 Å². The van der Waals surface area contributed by atoms with Crippen molar-refractivity contribution in [1.29, 1.82) is 0 Å². The summed E-state index contributed by atoms with van der Waals surface area (Å²) in [4.78, 5) is 0. The highest BCUT2D eigenvalue weighted by atomic mass is 79.9. The van der Waals surface area contributed by atoms with Crippen LogP contribution in [0.2, 0.25) is 5.02 Å². The zero-order chi connectivity index (χ0) is 10.1. The van der Waals surface area contributed by atoms with Crippen LogP contribution in [0.3, 0.4) is 0 Å². The number of ether oxygens (including phenoxy) is 1. The van der Waals surface area contributed by atoms with Gasteiger partial charge in [-0.15, -0.1) is 0 Å². The first-order valence-corrected chi connectivity index (χ1v) is 5.71. The second-order valence-electron chi connectivity index (χ2n) is 3.38. The molecule has 1 unspecified atom stereocenters. The maximum absolute atomic E-state index is 5.98. The quantitative estimate of drug-likeness (QED) is 0.856. The van der Waals surface area contributed by atoms with Gasteiger partial charge in [0.2, 0.25) is 0 Å². The molecule has 0 amide bonds. The summed E-state index contributed by atoms with van der Waals surface area (Å²) < 4.78 is 6.50. The Labute approximate surface area is 96.5 Å². The van der Waals surface area contributed by atoms with Crippen LogP contribution in [0.15, 0.2) is 16.6 Å². The van der Waals surface area contributed by atoms with Crippen molar-refractivity contribution in [3.63, 3.8) is 0 Å². The van der Waals surface area contributed by atoms with Crippen molar-refractivity contribution in [2.24, 2.45) is 5.73 Å². The van der Waals surface area contributed by atoms with Crippen LogP contribution in [0.4, 0.5) is 0 Å². The van der Waals surface area contributed by atoms with Gasteiger partial charge in [0.25, 0.3) is 0 Å². The monoisotopic (exact) mass is 275 g/mol. The summed E-state index contributed by atoms with van der Waals surface area (Å²) in [6.45, 7) is 1.37. The van der Waals surface area contributed by atoms with Crippen molar-refractivity contribution >= 4 is 27.5 Å². The van der Waals surface area contributed by atoms with Crippen molar-refractivity contribution in [2.45, 2.75) is 12.3 Å². The molecule has 0 saturated carbocycles. The Bertz CT molecular complexity index is 356. The molecule has 1 aliphatic rings. The van der Waals surface area contributed by atoms with Crippen molar-refractivity contribution in [3.05, 3.63) is 27.2 Å². The van der Waals surface area contributed by atoms with Crippen molar-refractivity contribution in [1.82, 2.24) is 0 Å². The summed E-state index contributed by atoms with van der Waals surface area (Å²) in [5.74, 6) is 1.27. The van der Waals surface area contributed by atoms with E-state index in [4.69, 9.17) is 22.1 Å². The van der Waals surface area contributed by atoms with Gasteiger partial charge in [-0.05, 0) is 41.0 Å². The van der Waals surface area contributed by atoms with Crippen molar-refractivity contribution in [3.8, 4) is 5.75 Å². The van der Waals surface area contributed by atoms with E-state index in [-0.39, 0.29) is 0 Å². The molecule has 2 N–H and O–H groups in total. The van der Waals surface area contributed by atoms with E-state index in [2.05, 4.69) is 15.9 Å². The minimum Gasteiger partial charge on any atom is -0.492 e. The molecule has 0 bridgehead atoms. The number of benzene rings is 1. The molecule has 2 rings (SSSR count). The van der Waals surface area contributed by atoms with E-state index in [9.17, 15) is 0 Å². The lowest BCUT2D eigenvalue weighted by molar-refractivity contribution is 0.267. The van der Waals surface area contributed by atoms with Gasteiger partial charge in [-0.2, -0.15) is 0 Å². The highest BCUT2D eigenvalue weighted by Crippen LogP contribution is 2.40. The second kappa shape index (κ2) is 4.09. The molecule has 0 radical (unpaired) electrons. The van der Waals surface area contributed by atoms with Crippen LogP contribution in [-0.2, 0) is 0 Å². The van der Waals surface area contributed by atoms with Gasteiger partial charge < -0.3 is 10.5 Å². The first-order chi connectivity index (χ1) is 6.72. The van der Waals surface area contributed by atoms with Crippen LogP contribution in [-0.4, -0.2) is 13.2 Å². The van der Waals surface area contributed by atoms with Crippen LogP contribution in [0.25, 0.3) is 0 Å². The SMILES string of the molecule is NCC1CCOc2c(Br)cc(Cl)cc21. The van der Waals surface area contributed by atoms with Gasteiger partial charge in [0, 0.05) is 16.5 Å². The average molecular weight is 277 g/mol. The topological polar surface area (TPSA) is 35.2 Å². The third kappa shape index (κ3) is 1.76. The lowest BCUT2D eigenvalue weighted by Gasteiger charge is -2.25. The molecular weight excluding hydrogens is 265 g/mol. The predicted molar refractivity (Wildman–Crippen MR) is 61.1 cm³/mol. The summed E-state index contributed by atoms with van der Waals surface area (Å²) in [6.07, 6.45) is 0.969.